The molecule has 0 fully saturated rings. The first-order valence-corrected chi connectivity index (χ1v) is 10.0. The summed E-state index contributed by atoms with van der Waals surface area (Å²) in [5.74, 6) is -1.36. The second kappa shape index (κ2) is 7.89. The largest absolute Gasteiger partial charge is 0.416 e. The Balaban J connectivity index is 1.62. The van der Waals surface area contributed by atoms with E-state index in [4.69, 9.17) is 17.3 Å². The third kappa shape index (κ3) is 4.37. The first kappa shape index (κ1) is 21.2. The maximum Gasteiger partial charge on any atom is 0.416 e. The third-order valence-electron chi connectivity index (χ3n) is 4.37. The van der Waals surface area contributed by atoms with Crippen molar-refractivity contribution in [2.75, 3.05) is 0 Å². The van der Waals surface area contributed by atoms with E-state index >= 15 is 0 Å². The Hall–Kier alpha value is -3.05. The molecule has 2 aromatic heterocycles. The average molecular weight is 470 g/mol. The first-order valence-electron chi connectivity index (χ1n) is 8.64. The lowest BCUT2D eigenvalue weighted by Gasteiger charge is -2.13. The molecular weight excluding hydrogens is 458 g/mol. The summed E-state index contributed by atoms with van der Waals surface area (Å²) >= 11 is 7.36. The number of nitrogens with two attached hydrogens (primary N) is 1. The van der Waals surface area contributed by atoms with E-state index < -0.39 is 23.5 Å². The minimum Gasteiger partial charge on any atom is -0.366 e. The molecule has 0 aliphatic rings. The smallest absolute Gasteiger partial charge is 0.366 e. The maximum absolute atomic E-state index is 13.3. The number of carbonyl (C=O) groups excluding carboxylic acids is 1. The number of aromatic nitrogens is 4. The lowest BCUT2D eigenvalue weighted by Crippen LogP contribution is -2.09. The summed E-state index contributed by atoms with van der Waals surface area (Å²) in [5.41, 5.74) is 5.39. The van der Waals surface area contributed by atoms with Crippen LogP contribution in [0.4, 0.5) is 17.6 Å². The molecule has 0 saturated heterocycles. The summed E-state index contributed by atoms with van der Waals surface area (Å²) in [6.07, 6.45) is -1.97. The highest BCUT2D eigenvalue weighted by molar-refractivity contribution is 7.98. The number of hydrogen-bond acceptors (Lipinski definition) is 4. The van der Waals surface area contributed by atoms with E-state index in [1.54, 1.807) is 12.1 Å². The summed E-state index contributed by atoms with van der Waals surface area (Å²) in [6.45, 7) is 0. The molecule has 0 aliphatic heterocycles. The number of amides is 1. The van der Waals surface area contributed by atoms with Gasteiger partial charge in [-0.25, -0.2) is 14.1 Å². The van der Waals surface area contributed by atoms with Crippen LogP contribution < -0.4 is 5.73 Å². The van der Waals surface area contributed by atoms with Gasteiger partial charge in [-0.2, -0.15) is 18.3 Å². The van der Waals surface area contributed by atoms with Crippen LogP contribution in [0.25, 0.3) is 17.0 Å². The molecule has 0 bridgehead atoms. The molecule has 0 radical (unpaired) electrons. The molecular formula is C19H12ClF4N5OS. The predicted octanol–water partition coefficient (Wildman–Crippen LogP) is 4.95. The van der Waals surface area contributed by atoms with Crippen LogP contribution in [0.3, 0.4) is 0 Å². The van der Waals surface area contributed by atoms with Crippen LogP contribution in [0.2, 0.25) is 5.02 Å². The zero-order valence-electron chi connectivity index (χ0n) is 15.4. The fourth-order valence-electron chi connectivity index (χ4n) is 2.88. The van der Waals surface area contributed by atoms with E-state index in [1.165, 1.54) is 17.1 Å². The number of H-pyrrole nitrogens is 1. The van der Waals surface area contributed by atoms with Gasteiger partial charge in [0.1, 0.15) is 5.82 Å². The molecule has 0 atom stereocenters. The number of halogens is 5. The molecule has 6 nitrogen and oxygen atoms in total. The highest BCUT2D eigenvalue weighted by Crippen LogP contribution is 2.38. The number of imidazole rings is 1. The van der Waals surface area contributed by atoms with Crippen molar-refractivity contribution in [3.05, 3.63) is 70.3 Å². The number of primary amides is 1. The summed E-state index contributed by atoms with van der Waals surface area (Å²) < 4.78 is 54.2. The normalized spacial score (nSPS) is 11.9. The number of hydrogen-bond donors (Lipinski definition) is 2. The van der Waals surface area contributed by atoms with Crippen LogP contribution in [0.5, 0.6) is 0 Å². The highest BCUT2D eigenvalue weighted by atomic mass is 35.5. The predicted molar refractivity (Wildman–Crippen MR) is 108 cm³/mol. The Morgan fingerprint density at radius 3 is 2.71 bits per heavy atom. The van der Waals surface area contributed by atoms with Crippen molar-refractivity contribution < 1.29 is 22.4 Å². The van der Waals surface area contributed by atoms with Gasteiger partial charge in [-0.15, -0.1) is 11.8 Å². The maximum atomic E-state index is 13.3. The van der Waals surface area contributed by atoms with E-state index in [0.29, 0.717) is 33.0 Å². The zero-order chi connectivity index (χ0) is 22.3. The van der Waals surface area contributed by atoms with Gasteiger partial charge in [0, 0.05) is 16.8 Å². The number of rotatable bonds is 5. The van der Waals surface area contributed by atoms with Crippen LogP contribution >= 0.6 is 23.4 Å². The van der Waals surface area contributed by atoms with Crippen LogP contribution in [0.1, 0.15) is 21.5 Å². The average Bonchev–Trinajstić information content (AvgIpc) is 3.33. The summed E-state index contributed by atoms with van der Waals surface area (Å²) in [5, 5.41) is 4.32. The fourth-order valence-corrected chi connectivity index (χ4v) is 4.16. The summed E-state index contributed by atoms with van der Waals surface area (Å²) in [7, 11) is 0. The van der Waals surface area contributed by atoms with Gasteiger partial charge >= 0.3 is 6.18 Å². The molecule has 2 aromatic carbocycles. The van der Waals surface area contributed by atoms with Crippen LogP contribution in [-0.4, -0.2) is 25.7 Å². The van der Waals surface area contributed by atoms with Crippen molar-refractivity contribution in [3.8, 4) is 5.95 Å². The topological polar surface area (TPSA) is 89.6 Å². The number of thioether (sulfide) groups is 1. The molecule has 31 heavy (non-hydrogen) atoms. The second-order valence-corrected chi connectivity index (χ2v) is 7.91. The molecule has 12 heteroatoms. The van der Waals surface area contributed by atoms with Crippen LogP contribution in [-0.2, 0) is 11.9 Å². The number of aromatic amines is 1. The first-order chi connectivity index (χ1) is 14.6. The SMILES string of the molecule is NC(=O)c1cnn(-c2nc3cc(SCc4ccc(F)cc4C(F)(F)F)c(Cl)cc3[nH]2)c1. The minimum atomic E-state index is -4.67. The van der Waals surface area contributed by atoms with E-state index in [2.05, 4.69) is 15.1 Å². The van der Waals surface area contributed by atoms with Gasteiger partial charge < -0.3 is 10.7 Å². The molecule has 4 aromatic rings. The number of benzene rings is 2. The number of alkyl halides is 3. The summed E-state index contributed by atoms with van der Waals surface area (Å²) in [6, 6.07) is 5.78. The number of carbonyl (C=O) groups is 1. The lowest BCUT2D eigenvalue weighted by atomic mass is 10.1. The van der Waals surface area contributed by atoms with Crippen molar-refractivity contribution in [1.82, 2.24) is 19.7 Å². The van der Waals surface area contributed by atoms with Gasteiger partial charge in [-0.1, -0.05) is 17.7 Å². The second-order valence-electron chi connectivity index (χ2n) is 6.49. The molecule has 0 aliphatic carbocycles. The number of fused-ring (bicyclic) bond motifs is 1. The van der Waals surface area contributed by atoms with E-state index in [0.717, 1.165) is 23.9 Å². The summed E-state index contributed by atoms with van der Waals surface area (Å²) in [4.78, 5) is 19.1. The van der Waals surface area contributed by atoms with Crippen molar-refractivity contribution >= 4 is 40.3 Å². The molecule has 0 saturated carbocycles. The monoisotopic (exact) mass is 469 g/mol. The third-order valence-corrected chi connectivity index (χ3v) is 5.90. The Labute approximate surface area is 181 Å². The van der Waals surface area contributed by atoms with Crippen LogP contribution in [0.15, 0.2) is 47.6 Å². The van der Waals surface area contributed by atoms with Gasteiger partial charge in [-0.05, 0) is 29.8 Å². The van der Waals surface area contributed by atoms with Gasteiger partial charge in [0.25, 0.3) is 5.91 Å². The molecule has 160 valence electrons. The van der Waals surface area contributed by atoms with Gasteiger partial charge in [-0.3, -0.25) is 4.79 Å². The molecule has 0 unspecified atom stereocenters. The number of nitrogens with one attached hydrogen (secondary N) is 1. The molecule has 1 amide bonds. The van der Waals surface area contributed by atoms with Crippen molar-refractivity contribution in [3.63, 3.8) is 0 Å². The lowest BCUT2D eigenvalue weighted by molar-refractivity contribution is -0.138. The van der Waals surface area contributed by atoms with E-state index in [-0.39, 0.29) is 16.9 Å². The Bertz CT molecular complexity index is 1300. The molecule has 4 rings (SSSR count). The number of nitrogens with zero attached hydrogens (tertiary/aromatic N) is 3. The molecule has 2 heterocycles. The Morgan fingerprint density at radius 1 is 1.26 bits per heavy atom. The Kier molecular flexibility index (Phi) is 5.40. The van der Waals surface area contributed by atoms with Gasteiger partial charge in [0.05, 0.1) is 33.4 Å². The van der Waals surface area contributed by atoms with Crippen molar-refractivity contribution in [1.29, 1.82) is 0 Å². The van der Waals surface area contributed by atoms with Crippen molar-refractivity contribution in [2.24, 2.45) is 5.73 Å². The molecule has 3 N–H and O–H groups in total. The quantitative estimate of drug-likeness (QED) is 0.319. The fraction of sp³-hybridized carbons (Fsp3) is 0.105. The van der Waals surface area contributed by atoms with E-state index in [9.17, 15) is 22.4 Å². The standard InChI is InChI=1S/C19H12ClF4N5OS/c20-13-4-14-15(28-18(27-14)29-7-10(6-26-29)17(25)30)5-16(13)31-8-9-1-2-11(21)3-12(9)19(22,23)24/h1-7H,8H2,(H2,25,30)(H,27,28). The Morgan fingerprint density at radius 2 is 2.03 bits per heavy atom. The zero-order valence-corrected chi connectivity index (χ0v) is 16.9. The van der Waals surface area contributed by atoms with Gasteiger partial charge in [0.15, 0.2) is 0 Å². The van der Waals surface area contributed by atoms with Crippen molar-refractivity contribution in [2.45, 2.75) is 16.8 Å². The molecule has 0 spiro atoms. The van der Waals surface area contributed by atoms with E-state index in [1.807, 2.05) is 0 Å². The van der Waals surface area contributed by atoms with Crippen LogP contribution in [0, 0.1) is 5.82 Å². The highest BCUT2D eigenvalue weighted by Gasteiger charge is 2.33. The minimum absolute atomic E-state index is 0.0618. The van der Waals surface area contributed by atoms with Gasteiger partial charge in [0.2, 0.25) is 5.95 Å².